The first kappa shape index (κ1) is 11.4. The lowest BCUT2D eigenvalue weighted by Gasteiger charge is -2.42. The third kappa shape index (κ3) is 3.21. The van der Waals surface area contributed by atoms with E-state index in [0.29, 0.717) is 5.92 Å². The van der Waals surface area contributed by atoms with Crippen LogP contribution in [-0.2, 0) is 0 Å². The summed E-state index contributed by atoms with van der Waals surface area (Å²) in [6, 6.07) is 0. The Kier molecular flexibility index (Phi) is 4.49. The van der Waals surface area contributed by atoms with E-state index in [2.05, 4.69) is 0 Å². The molecule has 2 saturated carbocycles. The molecule has 0 radical (unpaired) electrons. The van der Waals surface area contributed by atoms with Gasteiger partial charge in [0.2, 0.25) is 0 Å². The number of aliphatic hydroxyl groups excluding tert-OH is 1. The molecule has 0 aromatic carbocycles. The van der Waals surface area contributed by atoms with Gasteiger partial charge in [0.1, 0.15) is 0 Å². The van der Waals surface area contributed by atoms with Crippen molar-refractivity contribution in [1.29, 1.82) is 0 Å². The molecule has 2 fully saturated rings. The molecule has 1 N–H and O–H groups in total. The van der Waals surface area contributed by atoms with Crippen molar-refractivity contribution in [2.45, 2.75) is 76.7 Å². The molecule has 0 aromatic rings. The van der Waals surface area contributed by atoms with E-state index in [1.54, 1.807) is 0 Å². The van der Waals surface area contributed by atoms with E-state index in [0.717, 1.165) is 12.3 Å². The standard InChI is InChI=1S/C14H26O/c15-14-11-12-9-7-5-3-1-2-4-6-8-10-13(12)14/h12-15H,1-11H2. The molecule has 2 rings (SSSR count). The van der Waals surface area contributed by atoms with Gasteiger partial charge in [-0.2, -0.15) is 0 Å². The maximum atomic E-state index is 9.75. The second kappa shape index (κ2) is 5.89. The maximum Gasteiger partial charge on any atom is 0.0573 e. The van der Waals surface area contributed by atoms with Gasteiger partial charge in [-0.15, -0.1) is 0 Å². The molecule has 0 aromatic heterocycles. The smallest absolute Gasteiger partial charge is 0.0573 e. The second-order valence-electron chi connectivity index (χ2n) is 5.63. The highest BCUT2D eigenvalue weighted by Gasteiger charge is 2.38. The van der Waals surface area contributed by atoms with E-state index in [4.69, 9.17) is 0 Å². The van der Waals surface area contributed by atoms with Crippen LogP contribution >= 0.6 is 0 Å². The first-order valence-electron chi connectivity index (χ1n) is 7.06. The Morgan fingerprint density at radius 2 is 1.20 bits per heavy atom. The van der Waals surface area contributed by atoms with Crippen LogP contribution in [0.15, 0.2) is 0 Å². The van der Waals surface area contributed by atoms with Gasteiger partial charge in [0, 0.05) is 0 Å². The summed E-state index contributed by atoms with van der Waals surface area (Å²) in [6.45, 7) is 0. The fraction of sp³-hybridized carbons (Fsp3) is 1.00. The van der Waals surface area contributed by atoms with Gasteiger partial charge >= 0.3 is 0 Å². The van der Waals surface area contributed by atoms with Crippen LogP contribution in [0.25, 0.3) is 0 Å². The van der Waals surface area contributed by atoms with Crippen molar-refractivity contribution < 1.29 is 5.11 Å². The summed E-state index contributed by atoms with van der Waals surface area (Å²) in [6.07, 6.45) is 15.2. The largest absolute Gasteiger partial charge is 0.393 e. The summed E-state index contributed by atoms with van der Waals surface area (Å²) in [5.41, 5.74) is 0. The fourth-order valence-corrected chi connectivity index (χ4v) is 3.39. The van der Waals surface area contributed by atoms with Gasteiger partial charge in [0.15, 0.2) is 0 Å². The van der Waals surface area contributed by atoms with Crippen LogP contribution in [-0.4, -0.2) is 11.2 Å². The van der Waals surface area contributed by atoms with E-state index < -0.39 is 0 Å². The summed E-state index contributed by atoms with van der Waals surface area (Å²) in [7, 11) is 0. The number of hydrogen-bond acceptors (Lipinski definition) is 1. The van der Waals surface area contributed by atoms with Crippen LogP contribution in [0.4, 0.5) is 0 Å². The Balaban J connectivity index is 1.75. The first-order valence-corrected chi connectivity index (χ1v) is 7.06. The Bertz CT molecular complexity index is 178. The van der Waals surface area contributed by atoms with Gasteiger partial charge in [0.05, 0.1) is 6.10 Å². The molecule has 0 spiro atoms. The van der Waals surface area contributed by atoms with Crippen molar-refractivity contribution in [2.24, 2.45) is 11.8 Å². The lowest BCUT2D eigenvalue weighted by atomic mass is 9.66. The SMILES string of the molecule is OC1CC2CCCCCCCCCCC12. The topological polar surface area (TPSA) is 20.2 Å². The molecular formula is C14H26O. The van der Waals surface area contributed by atoms with Gasteiger partial charge in [-0.25, -0.2) is 0 Å². The average molecular weight is 210 g/mol. The molecule has 1 nitrogen and oxygen atoms in total. The van der Waals surface area contributed by atoms with E-state index in [9.17, 15) is 5.11 Å². The van der Waals surface area contributed by atoms with E-state index >= 15 is 0 Å². The molecule has 2 aliphatic carbocycles. The Morgan fingerprint density at radius 3 is 1.80 bits per heavy atom. The minimum Gasteiger partial charge on any atom is -0.393 e. The van der Waals surface area contributed by atoms with Crippen LogP contribution in [0.2, 0.25) is 0 Å². The van der Waals surface area contributed by atoms with E-state index in [1.165, 1.54) is 64.2 Å². The van der Waals surface area contributed by atoms with Crippen molar-refractivity contribution in [3.8, 4) is 0 Å². The summed E-state index contributed by atoms with van der Waals surface area (Å²) in [4.78, 5) is 0. The third-order valence-corrected chi connectivity index (χ3v) is 4.51. The summed E-state index contributed by atoms with van der Waals surface area (Å²) < 4.78 is 0. The molecule has 3 atom stereocenters. The third-order valence-electron chi connectivity index (χ3n) is 4.51. The molecule has 3 unspecified atom stereocenters. The molecular weight excluding hydrogens is 184 g/mol. The lowest BCUT2D eigenvalue weighted by Crippen LogP contribution is -2.41. The van der Waals surface area contributed by atoms with Crippen molar-refractivity contribution >= 4 is 0 Å². The van der Waals surface area contributed by atoms with Crippen LogP contribution in [0.1, 0.15) is 70.6 Å². The Morgan fingerprint density at radius 1 is 0.667 bits per heavy atom. The summed E-state index contributed by atoms with van der Waals surface area (Å²) in [5, 5.41) is 9.75. The molecule has 0 heterocycles. The van der Waals surface area contributed by atoms with Crippen LogP contribution < -0.4 is 0 Å². The Hall–Kier alpha value is -0.0400. The predicted molar refractivity (Wildman–Crippen MR) is 63.8 cm³/mol. The van der Waals surface area contributed by atoms with Gasteiger partial charge in [-0.3, -0.25) is 0 Å². The highest BCUT2D eigenvalue weighted by atomic mass is 16.3. The zero-order valence-electron chi connectivity index (χ0n) is 9.96. The number of fused-ring (bicyclic) bond motifs is 1. The molecule has 1 heteroatoms. The van der Waals surface area contributed by atoms with Gasteiger partial charge in [0.25, 0.3) is 0 Å². The first-order chi connectivity index (χ1) is 7.38. The highest BCUT2D eigenvalue weighted by molar-refractivity contribution is 4.88. The van der Waals surface area contributed by atoms with Crippen molar-refractivity contribution in [3.05, 3.63) is 0 Å². The molecule has 15 heavy (non-hydrogen) atoms. The Labute approximate surface area is 94.3 Å². The van der Waals surface area contributed by atoms with Crippen LogP contribution in [0.5, 0.6) is 0 Å². The predicted octanol–water partition coefficient (Wildman–Crippen LogP) is 3.90. The molecule has 0 aliphatic heterocycles. The minimum absolute atomic E-state index is 0.0536. The van der Waals surface area contributed by atoms with Crippen molar-refractivity contribution in [2.75, 3.05) is 0 Å². The average Bonchev–Trinajstić information content (AvgIpc) is 2.22. The quantitative estimate of drug-likeness (QED) is 0.643. The number of hydrogen-bond donors (Lipinski definition) is 1. The fourth-order valence-electron chi connectivity index (χ4n) is 3.39. The van der Waals surface area contributed by atoms with Crippen molar-refractivity contribution in [3.63, 3.8) is 0 Å². The maximum absolute atomic E-state index is 9.75. The lowest BCUT2D eigenvalue weighted by molar-refractivity contribution is -0.0431. The van der Waals surface area contributed by atoms with Gasteiger partial charge in [-0.05, 0) is 31.1 Å². The van der Waals surface area contributed by atoms with Crippen LogP contribution in [0, 0.1) is 11.8 Å². The minimum atomic E-state index is 0.0536. The van der Waals surface area contributed by atoms with Gasteiger partial charge in [-0.1, -0.05) is 51.4 Å². The van der Waals surface area contributed by atoms with Crippen LogP contribution in [0.3, 0.4) is 0 Å². The molecule has 88 valence electrons. The molecule has 0 saturated heterocycles. The second-order valence-corrected chi connectivity index (χ2v) is 5.63. The summed E-state index contributed by atoms with van der Waals surface area (Å²) in [5.74, 6) is 1.55. The number of aliphatic hydroxyl groups is 1. The van der Waals surface area contributed by atoms with E-state index in [-0.39, 0.29) is 6.10 Å². The molecule has 2 aliphatic rings. The van der Waals surface area contributed by atoms with Gasteiger partial charge < -0.3 is 5.11 Å². The summed E-state index contributed by atoms with van der Waals surface area (Å²) >= 11 is 0. The molecule has 0 amide bonds. The van der Waals surface area contributed by atoms with Crippen molar-refractivity contribution in [1.82, 2.24) is 0 Å². The zero-order chi connectivity index (χ0) is 10.5. The monoisotopic (exact) mass is 210 g/mol. The highest BCUT2D eigenvalue weighted by Crippen LogP contribution is 2.41. The number of rotatable bonds is 0. The van der Waals surface area contributed by atoms with E-state index in [1.807, 2.05) is 0 Å². The zero-order valence-corrected chi connectivity index (χ0v) is 9.96. The molecule has 0 bridgehead atoms. The normalized spacial score (nSPS) is 39.4.